The van der Waals surface area contributed by atoms with E-state index in [2.05, 4.69) is 10.6 Å². The largest absolute Gasteiger partial charge is 0.376 e. The van der Waals surface area contributed by atoms with Gasteiger partial charge in [0.15, 0.2) is 0 Å². The van der Waals surface area contributed by atoms with E-state index in [1.165, 1.54) is 18.2 Å². The minimum Gasteiger partial charge on any atom is -0.376 e. The zero-order chi connectivity index (χ0) is 15.8. The molecule has 0 saturated heterocycles. The standard InChI is InChI=1S/C15H16ClFN2O2/c1-15(2,3)19-12-11(13(20)14(12)21)18-7-8-4-5-9(17)6-10(8)16/h4-6,18-19H,7H2,1-3H3. The van der Waals surface area contributed by atoms with Crippen LogP contribution in [0.2, 0.25) is 5.02 Å². The summed E-state index contributed by atoms with van der Waals surface area (Å²) in [5, 5.41) is 6.16. The van der Waals surface area contributed by atoms with Crippen LogP contribution in [0.15, 0.2) is 27.8 Å². The highest BCUT2D eigenvalue weighted by molar-refractivity contribution is 6.31. The van der Waals surface area contributed by atoms with Crippen LogP contribution < -0.4 is 21.5 Å². The quantitative estimate of drug-likeness (QED) is 0.853. The molecule has 0 amide bonds. The van der Waals surface area contributed by atoms with Gasteiger partial charge in [-0.05, 0) is 38.5 Å². The Morgan fingerprint density at radius 3 is 2.33 bits per heavy atom. The second-order valence-corrected chi connectivity index (χ2v) is 6.28. The van der Waals surface area contributed by atoms with Crippen molar-refractivity contribution in [3.8, 4) is 0 Å². The third kappa shape index (κ3) is 3.42. The first-order valence-electron chi connectivity index (χ1n) is 6.48. The number of rotatable bonds is 4. The summed E-state index contributed by atoms with van der Waals surface area (Å²) in [7, 11) is 0. The van der Waals surface area contributed by atoms with Gasteiger partial charge in [-0.1, -0.05) is 17.7 Å². The molecule has 21 heavy (non-hydrogen) atoms. The second kappa shape index (κ2) is 5.48. The van der Waals surface area contributed by atoms with Crippen molar-refractivity contribution in [3.05, 3.63) is 55.0 Å². The Balaban J connectivity index is 2.16. The first-order chi connectivity index (χ1) is 9.69. The summed E-state index contributed by atoms with van der Waals surface area (Å²) >= 11 is 5.92. The highest BCUT2D eigenvalue weighted by atomic mass is 35.5. The molecule has 0 fully saturated rings. The molecule has 0 bridgehead atoms. The third-order valence-corrected chi connectivity index (χ3v) is 3.23. The summed E-state index contributed by atoms with van der Waals surface area (Å²) in [6.45, 7) is 5.92. The maximum absolute atomic E-state index is 13.0. The van der Waals surface area contributed by atoms with E-state index >= 15 is 0 Å². The second-order valence-electron chi connectivity index (χ2n) is 5.87. The number of nitrogens with one attached hydrogen (secondary N) is 2. The van der Waals surface area contributed by atoms with Gasteiger partial charge in [-0.25, -0.2) is 4.39 Å². The Morgan fingerprint density at radius 2 is 1.76 bits per heavy atom. The van der Waals surface area contributed by atoms with Crippen molar-refractivity contribution < 1.29 is 4.39 Å². The predicted octanol–water partition coefficient (Wildman–Crippen LogP) is 2.90. The van der Waals surface area contributed by atoms with Crippen molar-refractivity contribution in [2.75, 3.05) is 10.6 Å². The summed E-state index contributed by atoms with van der Waals surface area (Å²) in [6, 6.07) is 4.03. The van der Waals surface area contributed by atoms with Gasteiger partial charge < -0.3 is 10.6 Å². The van der Waals surface area contributed by atoms with Crippen molar-refractivity contribution in [2.24, 2.45) is 0 Å². The molecule has 0 aliphatic rings. The normalized spacial score (nSPS) is 11.7. The lowest BCUT2D eigenvalue weighted by molar-refractivity contribution is 0.627. The zero-order valence-electron chi connectivity index (χ0n) is 12.0. The van der Waals surface area contributed by atoms with Crippen molar-refractivity contribution in [2.45, 2.75) is 32.9 Å². The van der Waals surface area contributed by atoms with E-state index in [1.807, 2.05) is 20.8 Å². The van der Waals surface area contributed by atoms with Crippen LogP contribution in [0.4, 0.5) is 15.8 Å². The molecule has 0 aromatic heterocycles. The SMILES string of the molecule is CC(C)(C)Nc1c(NCc2ccc(F)cc2Cl)c(=O)c1=O. The fourth-order valence-electron chi connectivity index (χ4n) is 1.90. The number of hydrogen-bond acceptors (Lipinski definition) is 4. The van der Waals surface area contributed by atoms with Crippen molar-refractivity contribution in [3.63, 3.8) is 0 Å². The highest BCUT2D eigenvalue weighted by Crippen LogP contribution is 2.22. The number of anilines is 2. The van der Waals surface area contributed by atoms with E-state index < -0.39 is 16.7 Å². The maximum atomic E-state index is 13.0. The van der Waals surface area contributed by atoms with Crippen molar-refractivity contribution in [1.29, 1.82) is 0 Å². The van der Waals surface area contributed by atoms with E-state index in [4.69, 9.17) is 11.6 Å². The van der Waals surface area contributed by atoms with Gasteiger partial charge in [0.1, 0.15) is 17.2 Å². The van der Waals surface area contributed by atoms with Gasteiger partial charge in [0.25, 0.3) is 10.9 Å². The highest BCUT2D eigenvalue weighted by Gasteiger charge is 2.24. The van der Waals surface area contributed by atoms with Crippen LogP contribution >= 0.6 is 11.6 Å². The average molecular weight is 311 g/mol. The van der Waals surface area contributed by atoms with E-state index in [-0.39, 0.29) is 28.5 Å². The molecule has 0 aliphatic carbocycles. The molecule has 2 aromatic rings. The molecule has 2 N–H and O–H groups in total. The summed E-state index contributed by atoms with van der Waals surface area (Å²) < 4.78 is 13.0. The molecule has 0 heterocycles. The fraction of sp³-hybridized carbons (Fsp3) is 0.333. The van der Waals surface area contributed by atoms with Gasteiger partial charge in [0, 0.05) is 17.1 Å². The van der Waals surface area contributed by atoms with Crippen LogP contribution in [0.3, 0.4) is 0 Å². The van der Waals surface area contributed by atoms with Gasteiger partial charge >= 0.3 is 0 Å². The van der Waals surface area contributed by atoms with Gasteiger partial charge in [0.2, 0.25) is 0 Å². The van der Waals surface area contributed by atoms with Gasteiger partial charge in [-0.2, -0.15) is 0 Å². The monoisotopic (exact) mass is 310 g/mol. The van der Waals surface area contributed by atoms with Crippen molar-refractivity contribution in [1.82, 2.24) is 0 Å². The average Bonchev–Trinajstić information content (AvgIpc) is 2.38. The minimum atomic E-state index is -0.556. The first-order valence-corrected chi connectivity index (χ1v) is 6.86. The van der Waals surface area contributed by atoms with Crippen LogP contribution in [0.1, 0.15) is 26.3 Å². The lowest BCUT2D eigenvalue weighted by atomic mass is 10.1. The Kier molecular flexibility index (Phi) is 4.05. The molecule has 2 rings (SSSR count). The molecule has 0 saturated carbocycles. The van der Waals surface area contributed by atoms with Crippen molar-refractivity contribution >= 4 is 23.0 Å². The molecular formula is C15H16ClFN2O2. The zero-order valence-corrected chi connectivity index (χ0v) is 12.8. The topological polar surface area (TPSA) is 58.2 Å². The lowest BCUT2D eigenvalue weighted by Gasteiger charge is -2.25. The van der Waals surface area contributed by atoms with Gasteiger partial charge in [-0.15, -0.1) is 0 Å². The Morgan fingerprint density at radius 1 is 1.14 bits per heavy atom. The lowest BCUT2D eigenvalue weighted by Crippen LogP contribution is -2.41. The van der Waals surface area contributed by atoms with E-state index in [1.54, 1.807) is 0 Å². The summed E-state index contributed by atoms with van der Waals surface area (Å²) in [4.78, 5) is 23.2. The molecule has 0 radical (unpaired) electrons. The predicted molar refractivity (Wildman–Crippen MR) is 83.5 cm³/mol. The first kappa shape index (κ1) is 15.5. The molecule has 112 valence electrons. The molecule has 0 spiro atoms. The summed E-state index contributed by atoms with van der Waals surface area (Å²) in [5.74, 6) is -0.423. The van der Waals surface area contributed by atoms with E-state index in [0.717, 1.165) is 0 Å². The Bertz CT molecular complexity index is 743. The summed E-state index contributed by atoms with van der Waals surface area (Å²) in [5.41, 5.74) is -0.238. The fourth-order valence-corrected chi connectivity index (χ4v) is 2.14. The number of hydrogen-bond donors (Lipinski definition) is 2. The van der Waals surface area contributed by atoms with E-state index in [0.29, 0.717) is 5.56 Å². The molecule has 0 atom stereocenters. The molecule has 2 aromatic carbocycles. The smallest absolute Gasteiger partial charge is 0.253 e. The Labute approximate surface area is 126 Å². The van der Waals surface area contributed by atoms with Crippen LogP contribution in [-0.4, -0.2) is 5.54 Å². The van der Waals surface area contributed by atoms with Gasteiger partial charge in [0.05, 0.1) is 0 Å². The molecule has 0 aliphatic heterocycles. The molecule has 0 unspecified atom stereocenters. The van der Waals surface area contributed by atoms with Crippen LogP contribution in [0.25, 0.3) is 0 Å². The Hall–Kier alpha value is -1.88. The van der Waals surface area contributed by atoms with Gasteiger partial charge in [-0.3, -0.25) is 9.59 Å². The van der Waals surface area contributed by atoms with E-state index in [9.17, 15) is 14.0 Å². The molecular weight excluding hydrogens is 295 g/mol. The third-order valence-electron chi connectivity index (χ3n) is 2.88. The molecule has 4 nitrogen and oxygen atoms in total. The number of benzene rings is 1. The van der Waals surface area contributed by atoms with Crippen LogP contribution in [0.5, 0.6) is 0 Å². The van der Waals surface area contributed by atoms with Crippen LogP contribution in [0, 0.1) is 5.82 Å². The minimum absolute atomic E-state index is 0.239. The summed E-state index contributed by atoms with van der Waals surface area (Å²) in [6.07, 6.45) is 0. The van der Waals surface area contributed by atoms with Crippen LogP contribution in [-0.2, 0) is 6.54 Å². The molecule has 6 heteroatoms. The maximum Gasteiger partial charge on any atom is 0.253 e. The number of halogens is 2.